The minimum absolute atomic E-state index is 0.107. The number of carbonyl (C=O) groups is 2. The number of rotatable bonds is 3. The van der Waals surface area contributed by atoms with Crippen LogP contribution in [-0.2, 0) is 4.79 Å². The van der Waals surface area contributed by atoms with Gasteiger partial charge in [-0.15, -0.1) is 0 Å². The van der Waals surface area contributed by atoms with Gasteiger partial charge in [-0.1, -0.05) is 0 Å². The number of hydrogen-bond acceptors (Lipinski definition) is 4. The third-order valence-corrected chi connectivity index (χ3v) is 1.73. The van der Waals surface area contributed by atoms with Crippen LogP contribution in [0.25, 0.3) is 0 Å². The fourth-order valence-corrected chi connectivity index (χ4v) is 1.02. The van der Waals surface area contributed by atoms with E-state index in [2.05, 4.69) is 4.98 Å². The van der Waals surface area contributed by atoms with Crippen molar-refractivity contribution in [2.24, 2.45) is 5.14 Å². The molecule has 1 aromatic rings. The highest BCUT2D eigenvalue weighted by atomic mass is 32.2. The van der Waals surface area contributed by atoms with E-state index in [0.29, 0.717) is 5.03 Å². The van der Waals surface area contributed by atoms with Crippen LogP contribution in [0.15, 0.2) is 17.3 Å². The Kier molecular flexibility index (Phi) is 2.51. The number of aromatic amines is 1. The summed E-state index contributed by atoms with van der Waals surface area (Å²) in [6, 6.07) is 1.39. The van der Waals surface area contributed by atoms with Crippen molar-refractivity contribution in [3.8, 4) is 0 Å². The van der Waals surface area contributed by atoms with Crippen LogP contribution in [0.2, 0.25) is 0 Å². The van der Waals surface area contributed by atoms with Crippen LogP contribution in [0.4, 0.5) is 0 Å². The van der Waals surface area contributed by atoms with Crippen LogP contribution in [0.1, 0.15) is 10.4 Å². The molecule has 0 aliphatic carbocycles. The van der Waals surface area contributed by atoms with Gasteiger partial charge in [0.1, 0.15) is 0 Å². The molecule has 0 saturated heterocycles. The van der Waals surface area contributed by atoms with E-state index in [9.17, 15) is 9.59 Å². The molecule has 0 radical (unpaired) electrons. The Labute approximate surface area is 72.1 Å². The molecule has 1 aromatic heterocycles. The number of H-pyrrole nitrogens is 1. The van der Waals surface area contributed by atoms with Gasteiger partial charge in [-0.05, 0) is 18.0 Å². The van der Waals surface area contributed by atoms with E-state index in [1.807, 2.05) is 0 Å². The average Bonchev–Trinajstić information content (AvgIpc) is 2.50. The molecule has 4 N–H and O–H groups in total. The van der Waals surface area contributed by atoms with Gasteiger partial charge >= 0.3 is 5.97 Å². The minimum atomic E-state index is -1.47. The number of carboxylic acid groups (broad SMARTS) is 1. The summed E-state index contributed by atoms with van der Waals surface area (Å²) in [6.07, 6.45) is 1.31. The largest absolute Gasteiger partial charge is 0.475 e. The maximum Gasteiger partial charge on any atom is 0.377 e. The Morgan fingerprint density at radius 2 is 2.25 bits per heavy atom. The van der Waals surface area contributed by atoms with Gasteiger partial charge in [-0.2, -0.15) is 0 Å². The second-order valence-corrected chi connectivity index (χ2v) is 2.68. The van der Waals surface area contributed by atoms with E-state index in [0.717, 1.165) is 11.9 Å². The minimum Gasteiger partial charge on any atom is -0.475 e. The lowest BCUT2D eigenvalue weighted by atomic mass is 10.2. The second kappa shape index (κ2) is 3.42. The fourth-order valence-electron chi connectivity index (χ4n) is 0.696. The summed E-state index contributed by atoms with van der Waals surface area (Å²) in [4.78, 5) is 23.6. The molecule has 0 bridgehead atoms. The molecule has 64 valence electrons. The Morgan fingerprint density at radius 3 is 2.67 bits per heavy atom. The number of carboxylic acids is 1. The van der Waals surface area contributed by atoms with Gasteiger partial charge in [-0.25, -0.2) is 4.79 Å². The van der Waals surface area contributed by atoms with E-state index >= 15 is 0 Å². The molecule has 0 aliphatic heterocycles. The van der Waals surface area contributed by atoms with Crippen LogP contribution < -0.4 is 5.14 Å². The molecule has 1 rings (SSSR count). The van der Waals surface area contributed by atoms with Crippen LogP contribution in [0, 0.1) is 0 Å². The summed E-state index contributed by atoms with van der Waals surface area (Å²) in [5.74, 6) is -2.41. The molecule has 0 aromatic carbocycles. The first-order chi connectivity index (χ1) is 5.65. The van der Waals surface area contributed by atoms with Gasteiger partial charge in [0.25, 0.3) is 5.78 Å². The van der Waals surface area contributed by atoms with E-state index in [4.69, 9.17) is 10.2 Å². The monoisotopic (exact) mass is 186 g/mol. The average molecular weight is 186 g/mol. The number of carbonyl (C=O) groups excluding carboxylic acids is 1. The lowest BCUT2D eigenvalue weighted by Crippen LogP contribution is -2.11. The molecular weight excluding hydrogens is 180 g/mol. The molecule has 0 aliphatic rings. The topological polar surface area (TPSA) is 96.2 Å². The Balaban J connectivity index is 2.89. The molecule has 1 heterocycles. The molecule has 0 unspecified atom stereocenters. The highest BCUT2D eigenvalue weighted by Crippen LogP contribution is 2.11. The third kappa shape index (κ3) is 1.66. The lowest BCUT2D eigenvalue weighted by Gasteiger charge is -1.86. The summed E-state index contributed by atoms with van der Waals surface area (Å²) in [5, 5.41) is 14.0. The van der Waals surface area contributed by atoms with Crippen molar-refractivity contribution in [3.05, 3.63) is 17.8 Å². The van der Waals surface area contributed by atoms with Crippen molar-refractivity contribution in [2.75, 3.05) is 0 Å². The fraction of sp³-hybridized carbons (Fsp3) is 0. The third-order valence-electron chi connectivity index (χ3n) is 1.24. The van der Waals surface area contributed by atoms with Crippen LogP contribution in [0.3, 0.4) is 0 Å². The quantitative estimate of drug-likeness (QED) is 0.357. The molecule has 0 saturated carbocycles. The van der Waals surface area contributed by atoms with Crippen molar-refractivity contribution in [1.82, 2.24) is 4.98 Å². The summed E-state index contributed by atoms with van der Waals surface area (Å²) in [7, 11) is 0. The van der Waals surface area contributed by atoms with Gasteiger partial charge in [0, 0.05) is 11.8 Å². The molecule has 0 fully saturated rings. The van der Waals surface area contributed by atoms with Crippen LogP contribution >= 0.6 is 11.9 Å². The molecule has 0 spiro atoms. The normalized spacial score (nSPS) is 9.75. The number of Topliss-reactive ketones (excluding diaryl/α,β-unsaturated/α-hetero) is 1. The summed E-state index contributed by atoms with van der Waals surface area (Å²) < 4.78 is 0. The maximum absolute atomic E-state index is 10.8. The van der Waals surface area contributed by atoms with E-state index in [1.165, 1.54) is 12.3 Å². The highest BCUT2D eigenvalue weighted by molar-refractivity contribution is 7.97. The SMILES string of the molecule is NSc1cc(C(=O)C(=O)O)c[nH]1. The standard InChI is InChI=1S/C6H6N2O3S/c7-12-4-1-3(2-8-4)5(9)6(10)11/h1-2,8H,7H2,(H,10,11). The van der Waals surface area contributed by atoms with Crippen molar-refractivity contribution in [2.45, 2.75) is 5.03 Å². The summed E-state index contributed by atoms with van der Waals surface area (Å²) >= 11 is 0.918. The van der Waals surface area contributed by atoms with E-state index < -0.39 is 11.8 Å². The molecule has 0 atom stereocenters. The van der Waals surface area contributed by atoms with Gasteiger partial charge in [-0.3, -0.25) is 9.93 Å². The van der Waals surface area contributed by atoms with E-state index in [1.54, 1.807) is 0 Å². The van der Waals surface area contributed by atoms with E-state index in [-0.39, 0.29) is 5.56 Å². The molecule has 0 amide bonds. The first kappa shape index (κ1) is 8.82. The second-order valence-electron chi connectivity index (χ2n) is 2.00. The van der Waals surface area contributed by atoms with Crippen LogP contribution in [-0.4, -0.2) is 21.8 Å². The number of nitrogens with two attached hydrogens (primary N) is 1. The smallest absolute Gasteiger partial charge is 0.377 e. The van der Waals surface area contributed by atoms with Crippen molar-refractivity contribution in [3.63, 3.8) is 0 Å². The predicted molar refractivity (Wildman–Crippen MR) is 42.8 cm³/mol. The Morgan fingerprint density at radius 1 is 1.58 bits per heavy atom. The highest BCUT2D eigenvalue weighted by Gasteiger charge is 2.15. The Hall–Kier alpha value is -1.27. The van der Waals surface area contributed by atoms with Gasteiger partial charge in [0.05, 0.1) is 5.03 Å². The molecule has 5 nitrogen and oxygen atoms in total. The number of hydrogen-bond donors (Lipinski definition) is 3. The lowest BCUT2D eigenvalue weighted by molar-refractivity contribution is -0.131. The van der Waals surface area contributed by atoms with Crippen LogP contribution in [0.5, 0.6) is 0 Å². The number of aromatic nitrogens is 1. The zero-order valence-electron chi connectivity index (χ0n) is 5.90. The summed E-state index contributed by atoms with van der Waals surface area (Å²) in [6.45, 7) is 0. The molecule has 12 heavy (non-hydrogen) atoms. The first-order valence-electron chi connectivity index (χ1n) is 2.98. The predicted octanol–water partition coefficient (Wildman–Crippen LogP) is 0.248. The van der Waals surface area contributed by atoms with Crippen molar-refractivity contribution in [1.29, 1.82) is 0 Å². The summed E-state index contributed by atoms with van der Waals surface area (Å²) in [5.41, 5.74) is 0.107. The zero-order valence-corrected chi connectivity index (χ0v) is 6.72. The number of nitrogens with one attached hydrogen (secondary N) is 1. The zero-order chi connectivity index (χ0) is 9.14. The number of ketones is 1. The van der Waals surface area contributed by atoms with Gasteiger partial charge < -0.3 is 10.1 Å². The number of aliphatic carboxylic acids is 1. The van der Waals surface area contributed by atoms with Gasteiger partial charge in [0.2, 0.25) is 0 Å². The van der Waals surface area contributed by atoms with Gasteiger partial charge in [0.15, 0.2) is 0 Å². The molecular formula is C6H6N2O3S. The molecule has 6 heteroatoms. The Bertz CT molecular complexity index is 320. The van der Waals surface area contributed by atoms with Crippen molar-refractivity contribution < 1.29 is 14.7 Å². The van der Waals surface area contributed by atoms with Crippen molar-refractivity contribution >= 4 is 23.7 Å². The maximum atomic E-state index is 10.8. The first-order valence-corrected chi connectivity index (χ1v) is 3.86.